The molecule has 0 aliphatic rings. The maximum atomic E-state index is 13.6. The summed E-state index contributed by atoms with van der Waals surface area (Å²) in [4.78, 5) is 56.8. The summed E-state index contributed by atoms with van der Waals surface area (Å²) in [6.45, 7) is 0.900. The smallest absolute Gasteiger partial charge is 0.262 e. The van der Waals surface area contributed by atoms with Gasteiger partial charge in [-0.25, -0.2) is 0 Å². The van der Waals surface area contributed by atoms with E-state index in [1.54, 1.807) is 48.5 Å². The molecule has 0 radical (unpaired) electrons. The topological polar surface area (TPSA) is 230 Å². The van der Waals surface area contributed by atoms with E-state index < -0.39 is 41.8 Å². The number of carbonyl (C=O) groups is 4. The first kappa shape index (κ1) is 38.1. The van der Waals surface area contributed by atoms with Crippen molar-refractivity contribution in [2.24, 2.45) is 27.9 Å². The lowest BCUT2D eigenvalue weighted by molar-refractivity contribution is -0.132. The Morgan fingerprint density at radius 2 is 1.44 bits per heavy atom. The van der Waals surface area contributed by atoms with E-state index in [2.05, 4.69) is 20.9 Å². The van der Waals surface area contributed by atoms with Crippen molar-refractivity contribution in [1.29, 1.82) is 0 Å². The van der Waals surface area contributed by atoms with Crippen LogP contribution < -0.4 is 43.6 Å². The number of halogens is 2. The number of nitrogens with one attached hydrogen (secondary N) is 3. The average Bonchev–Trinajstić information content (AvgIpc) is 3.50. The number of hydrogen-bond donors (Lipinski definition) is 7. The van der Waals surface area contributed by atoms with Gasteiger partial charge >= 0.3 is 0 Å². The fraction of sp³-hybridized carbons (Fsp3) is 0.344. The monoisotopic (exact) mass is 718 g/mol. The van der Waals surface area contributed by atoms with Crippen molar-refractivity contribution in [3.8, 4) is 5.75 Å². The van der Waals surface area contributed by atoms with Crippen molar-refractivity contribution < 1.29 is 23.9 Å². The molecule has 3 rings (SSSR count). The number of hydrogen-bond acceptors (Lipinski definition) is 8. The zero-order valence-corrected chi connectivity index (χ0v) is 28.5. The molecule has 0 saturated carbocycles. The summed E-state index contributed by atoms with van der Waals surface area (Å²) < 4.78 is 6.22. The first-order valence-electron chi connectivity index (χ1n) is 15.2. The number of carbonyl (C=O) groups excluding carboxylic acids is 4. The van der Waals surface area contributed by atoms with Crippen molar-refractivity contribution in [1.82, 2.24) is 16.0 Å². The van der Waals surface area contributed by atoms with E-state index in [1.165, 1.54) is 0 Å². The minimum atomic E-state index is -1.20. The molecule has 48 heavy (non-hydrogen) atoms. The lowest BCUT2D eigenvalue weighted by atomic mass is 10.0. The van der Waals surface area contributed by atoms with Crippen LogP contribution in [-0.4, -0.2) is 54.8 Å². The molecule has 1 heterocycles. The van der Waals surface area contributed by atoms with Gasteiger partial charge < -0.3 is 43.6 Å². The average molecular weight is 720 g/mol. The lowest BCUT2D eigenvalue weighted by Gasteiger charge is -2.25. The van der Waals surface area contributed by atoms with E-state index in [4.69, 9.17) is 50.9 Å². The molecule has 0 bridgehead atoms. The molecule has 13 nitrogen and oxygen atoms in total. The van der Waals surface area contributed by atoms with Gasteiger partial charge in [-0.2, -0.15) is 0 Å². The second-order valence-corrected chi connectivity index (χ2v) is 12.9. The van der Waals surface area contributed by atoms with Gasteiger partial charge in [0.25, 0.3) is 5.91 Å². The highest BCUT2D eigenvalue weighted by atomic mass is 35.5. The summed E-state index contributed by atoms with van der Waals surface area (Å²) >= 11 is 13.0. The largest absolute Gasteiger partial charge is 0.489 e. The zero-order valence-electron chi connectivity index (χ0n) is 26.1. The number of primary amides is 1. The maximum Gasteiger partial charge on any atom is 0.262 e. The highest BCUT2D eigenvalue weighted by molar-refractivity contribution is 7.18. The number of thiophene rings is 1. The molecule has 258 valence electrons. The van der Waals surface area contributed by atoms with Gasteiger partial charge in [-0.3, -0.25) is 24.2 Å². The van der Waals surface area contributed by atoms with Crippen LogP contribution in [0.25, 0.3) is 0 Å². The zero-order chi connectivity index (χ0) is 35.1. The second kappa shape index (κ2) is 19.5. The highest BCUT2D eigenvalue weighted by Crippen LogP contribution is 2.22. The number of amides is 4. The van der Waals surface area contributed by atoms with Gasteiger partial charge in [0.05, 0.1) is 9.21 Å². The molecule has 16 heteroatoms. The molecule has 0 spiro atoms. The van der Waals surface area contributed by atoms with Gasteiger partial charge in [-0.05, 0) is 86.2 Å². The van der Waals surface area contributed by atoms with Crippen LogP contribution >= 0.6 is 34.5 Å². The van der Waals surface area contributed by atoms with Crippen molar-refractivity contribution >= 4 is 64.1 Å². The van der Waals surface area contributed by atoms with Gasteiger partial charge in [0.15, 0.2) is 5.96 Å². The molecule has 1 aromatic heterocycles. The first-order chi connectivity index (χ1) is 23.0. The van der Waals surface area contributed by atoms with Gasteiger partial charge in [0, 0.05) is 11.6 Å². The molecular weight excluding hydrogens is 679 g/mol. The van der Waals surface area contributed by atoms with Crippen molar-refractivity contribution in [3.05, 3.63) is 86.0 Å². The number of unbranched alkanes of at least 4 members (excludes halogenated alkanes) is 1. The normalized spacial score (nSPS) is 12.6. The van der Waals surface area contributed by atoms with Gasteiger partial charge in [0.1, 0.15) is 30.5 Å². The molecule has 2 aromatic carbocycles. The molecule has 3 aromatic rings. The van der Waals surface area contributed by atoms with Crippen LogP contribution in [0.15, 0.2) is 65.7 Å². The Balaban J connectivity index is 1.72. The quantitative estimate of drug-likeness (QED) is 0.0552. The van der Waals surface area contributed by atoms with Gasteiger partial charge in [-0.15, -0.1) is 11.3 Å². The Bertz CT molecular complexity index is 1550. The van der Waals surface area contributed by atoms with E-state index in [0.717, 1.165) is 16.9 Å². The predicted octanol–water partition coefficient (Wildman–Crippen LogP) is 2.74. The third kappa shape index (κ3) is 12.7. The Morgan fingerprint density at radius 3 is 2.04 bits per heavy atom. The van der Waals surface area contributed by atoms with E-state index >= 15 is 0 Å². The summed E-state index contributed by atoms with van der Waals surface area (Å²) in [5.74, 6) is -2.12. The Kier molecular flexibility index (Phi) is 15.4. The highest BCUT2D eigenvalue weighted by Gasteiger charge is 2.30. The van der Waals surface area contributed by atoms with Crippen LogP contribution in [0.1, 0.15) is 58.9 Å². The van der Waals surface area contributed by atoms with E-state index in [-0.39, 0.29) is 25.3 Å². The molecule has 0 unspecified atom stereocenters. The van der Waals surface area contributed by atoms with Crippen LogP contribution in [0.5, 0.6) is 5.75 Å². The Morgan fingerprint density at radius 1 is 0.792 bits per heavy atom. The van der Waals surface area contributed by atoms with Crippen molar-refractivity contribution in [3.63, 3.8) is 0 Å². The SMILES string of the molecule is NCCCC[C@H](NC(=O)[C@H](CCCN=C(N)N)NC(=O)c1ccc(Cl)s1)C(=O)N[C@@H](C(N)=O)c1ccc(OCc2ccc(Cl)cc2)cc1. The summed E-state index contributed by atoms with van der Waals surface area (Å²) in [6.07, 6.45) is 1.84. The fourth-order valence-electron chi connectivity index (χ4n) is 4.54. The van der Waals surface area contributed by atoms with E-state index in [1.807, 2.05) is 12.1 Å². The number of rotatable bonds is 19. The number of benzene rings is 2. The summed E-state index contributed by atoms with van der Waals surface area (Å²) in [5, 5.41) is 8.72. The van der Waals surface area contributed by atoms with E-state index in [9.17, 15) is 19.2 Å². The molecule has 0 aliphatic heterocycles. The van der Waals surface area contributed by atoms with Crippen molar-refractivity contribution in [2.75, 3.05) is 13.1 Å². The predicted molar refractivity (Wildman–Crippen MR) is 188 cm³/mol. The minimum absolute atomic E-state index is 0.103. The number of aliphatic imine (C=N–C) groups is 1. The molecule has 0 fully saturated rings. The number of ether oxygens (including phenoxy) is 1. The standard InChI is InChI=1S/C32H40Cl2N8O5S/c33-21-10-6-19(7-11-21)18-47-22-12-8-20(9-13-22)27(28(36)43)42-30(45)23(4-1-2-16-35)40-29(44)24(5-3-17-39-32(37)38)41-31(46)25-14-15-26(34)48-25/h6-15,23-24,27H,1-5,16-18,35H2,(H2,36,43)(H,40,44)(H,41,46)(H,42,45)(H4,37,38,39)/t23-,24-,27+/m0/s1. The summed E-state index contributed by atoms with van der Waals surface area (Å²) in [6, 6.07) is 13.6. The molecule has 3 atom stereocenters. The molecular formula is C32H40Cl2N8O5S. The van der Waals surface area contributed by atoms with Crippen LogP contribution in [-0.2, 0) is 21.0 Å². The van der Waals surface area contributed by atoms with Gasteiger partial charge in [0.2, 0.25) is 17.7 Å². The third-order valence-corrected chi connectivity index (χ3v) is 8.53. The molecule has 4 amide bonds. The number of nitrogens with two attached hydrogens (primary N) is 4. The third-order valence-electron chi connectivity index (χ3n) is 7.05. The van der Waals surface area contributed by atoms with Crippen LogP contribution in [0.2, 0.25) is 9.36 Å². The van der Waals surface area contributed by atoms with E-state index in [0.29, 0.717) is 58.0 Å². The van der Waals surface area contributed by atoms with Crippen LogP contribution in [0, 0.1) is 0 Å². The molecule has 11 N–H and O–H groups in total. The molecule has 0 saturated heterocycles. The van der Waals surface area contributed by atoms with Crippen molar-refractivity contribution in [2.45, 2.75) is 56.8 Å². The Labute approximate surface area is 292 Å². The number of nitrogens with zero attached hydrogens (tertiary/aromatic N) is 1. The van der Waals surface area contributed by atoms with Crippen LogP contribution in [0.3, 0.4) is 0 Å². The second-order valence-electron chi connectivity index (χ2n) is 10.8. The maximum absolute atomic E-state index is 13.6. The molecule has 0 aliphatic carbocycles. The minimum Gasteiger partial charge on any atom is -0.489 e. The first-order valence-corrected chi connectivity index (χ1v) is 16.7. The fourth-order valence-corrected chi connectivity index (χ4v) is 5.61. The van der Waals surface area contributed by atoms with Crippen LogP contribution in [0.4, 0.5) is 0 Å². The lowest BCUT2D eigenvalue weighted by Crippen LogP contribution is -2.54. The summed E-state index contributed by atoms with van der Waals surface area (Å²) in [5.41, 5.74) is 23.5. The Hall–Kier alpha value is -4.37. The van der Waals surface area contributed by atoms with Gasteiger partial charge in [-0.1, -0.05) is 47.5 Å². The number of guanidine groups is 1. The summed E-state index contributed by atoms with van der Waals surface area (Å²) in [7, 11) is 0.